The number of rotatable bonds is 4. The van der Waals surface area contributed by atoms with Crippen molar-refractivity contribution in [3.8, 4) is 11.8 Å². The Labute approximate surface area is 176 Å². The number of esters is 1. The van der Waals surface area contributed by atoms with Gasteiger partial charge in [0.05, 0.1) is 19.8 Å². The smallest absolute Gasteiger partial charge is 0.348 e. The molecule has 0 aliphatic heterocycles. The summed E-state index contributed by atoms with van der Waals surface area (Å²) in [5.41, 5.74) is -1.27. The normalized spacial score (nSPS) is 10.2. The average Bonchev–Trinajstić information content (AvgIpc) is 3.01. The summed E-state index contributed by atoms with van der Waals surface area (Å²) in [7, 11) is 1.93. The standard InChI is InChI=1S/C17H11F4N3O4S2/c1-5-6(4-22)15(30-13(5)16(26)28-3)24-17(29)23-14(25)7-8(18)10(20)12(27-2)11(21)9(7)19/h1-3H3,(H2,23,24,25,29). The summed E-state index contributed by atoms with van der Waals surface area (Å²) in [5.74, 6) is -11.4. The zero-order valence-corrected chi connectivity index (χ0v) is 17.0. The number of halogens is 4. The average molecular weight is 461 g/mol. The number of hydrogen-bond donors (Lipinski definition) is 2. The molecule has 7 nitrogen and oxygen atoms in total. The van der Waals surface area contributed by atoms with Gasteiger partial charge in [-0.3, -0.25) is 10.1 Å². The summed E-state index contributed by atoms with van der Waals surface area (Å²) in [6.45, 7) is 1.47. The molecule has 2 rings (SSSR count). The lowest BCUT2D eigenvalue weighted by Gasteiger charge is -2.12. The topological polar surface area (TPSA) is 100 Å². The largest absolute Gasteiger partial charge is 0.491 e. The van der Waals surface area contributed by atoms with Crippen LogP contribution in [0.3, 0.4) is 0 Å². The molecule has 0 bridgehead atoms. The first-order valence-corrected chi connectivity index (χ1v) is 8.95. The first-order chi connectivity index (χ1) is 14.1. The minimum absolute atomic E-state index is 0.0101. The van der Waals surface area contributed by atoms with E-state index in [9.17, 15) is 32.4 Å². The van der Waals surface area contributed by atoms with Crippen molar-refractivity contribution in [3.05, 3.63) is 44.8 Å². The van der Waals surface area contributed by atoms with E-state index in [4.69, 9.17) is 12.2 Å². The number of carbonyl (C=O) groups is 2. The molecule has 0 atom stereocenters. The molecule has 0 unspecified atom stereocenters. The molecule has 30 heavy (non-hydrogen) atoms. The van der Waals surface area contributed by atoms with Gasteiger partial charge < -0.3 is 14.8 Å². The monoisotopic (exact) mass is 461 g/mol. The predicted molar refractivity (Wildman–Crippen MR) is 102 cm³/mol. The SMILES string of the molecule is COC(=O)c1sc(NC(=S)NC(=O)c2c(F)c(F)c(OC)c(F)c2F)c(C#N)c1C. The molecule has 13 heteroatoms. The summed E-state index contributed by atoms with van der Waals surface area (Å²) in [6.07, 6.45) is 0. The van der Waals surface area contributed by atoms with Crippen LogP contribution in [0.15, 0.2) is 0 Å². The van der Waals surface area contributed by atoms with Gasteiger partial charge in [-0.2, -0.15) is 14.0 Å². The number of nitrogens with zero attached hydrogens (tertiary/aromatic N) is 1. The summed E-state index contributed by atoms with van der Waals surface area (Å²) < 4.78 is 64.5. The second kappa shape index (κ2) is 9.06. The molecule has 1 aromatic heterocycles. The molecule has 1 aromatic carbocycles. The van der Waals surface area contributed by atoms with E-state index in [2.05, 4.69) is 14.8 Å². The number of thiocarbonyl (C=S) groups is 1. The first-order valence-electron chi connectivity index (χ1n) is 7.72. The number of carbonyl (C=O) groups excluding carboxylic acids is 2. The quantitative estimate of drug-likeness (QED) is 0.312. The third kappa shape index (κ3) is 4.05. The Balaban J connectivity index is 2.32. The van der Waals surface area contributed by atoms with Gasteiger partial charge in [0.1, 0.15) is 21.5 Å². The Hall–Kier alpha value is -3.24. The van der Waals surface area contributed by atoms with Gasteiger partial charge in [-0.1, -0.05) is 0 Å². The number of nitriles is 1. The number of benzene rings is 1. The van der Waals surface area contributed by atoms with E-state index in [1.807, 2.05) is 11.4 Å². The predicted octanol–water partition coefficient (Wildman–Crippen LogP) is 3.41. The van der Waals surface area contributed by atoms with Crippen LogP contribution in [0, 0.1) is 41.5 Å². The van der Waals surface area contributed by atoms with Crippen molar-refractivity contribution < 1.29 is 36.6 Å². The molecular weight excluding hydrogens is 450 g/mol. The van der Waals surface area contributed by atoms with Crippen molar-refractivity contribution in [1.82, 2.24) is 5.32 Å². The zero-order valence-electron chi connectivity index (χ0n) is 15.4. The molecule has 0 saturated heterocycles. The Kier molecular flexibility index (Phi) is 6.96. The van der Waals surface area contributed by atoms with Gasteiger partial charge in [0.25, 0.3) is 5.91 Å². The van der Waals surface area contributed by atoms with Crippen LogP contribution in [0.1, 0.15) is 31.2 Å². The van der Waals surface area contributed by atoms with Gasteiger partial charge in [0.15, 0.2) is 22.5 Å². The molecule has 1 amide bonds. The van der Waals surface area contributed by atoms with Crippen LogP contribution in [-0.2, 0) is 4.74 Å². The molecule has 1 heterocycles. The maximum Gasteiger partial charge on any atom is 0.348 e. The number of nitrogens with one attached hydrogen (secondary N) is 2. The molecule has 0 radical (unpaired) electrons. The number of ether oxygens (including phenoxy) is 2. The molecule has 0 aliphatic carbocycles. The molecule has 0 fully saturated rings. The van der Waals surface area contributed by atoms with Crippen LogP contribution in [0.5, 0.6) is 5.75 Å². The summed E-state index contributed by atoms with van der Waals surface area (Å²) in [4.78, 5) is 24.0. The number of thiophene rings is 1. The van der Waals surface area contributed by atoms with Crippen LogP contribution in [-0.4, -0.2) is 31.2 Å². The van der Waals surface area contributed by atoms with Crippen molar-refractivity contribution in [2.75, 3.05) is 19.5 Å². The fourth-order valence-corrected chi connectivity index (χ4v) is 3.65. The van der Waals surface area contributed by atoms with Gasteiger partial charge in [-0.15, -0.1) is 11.3 Å². The highest BCUT2D eigenvalue weighted by molar-refractivity contribution is 7.80. The number of hydrogen-bond acceptors (Lipinski definition) is 7. The van der Waals surface area contributed by atoms with Gasteiger partial charge >= 0.3 is 5.97 Å². The van der Waals surface area contributed by atoms with E-state index < -0.39 is 51.6 Å². The maximum absolute atomic E-state index is 14.0. The number of anilines is 1. The first kappa shape index (κ1) is 23.0. The number of methoxy groups -OCH3 is 2. The van der Waals surface area contributed by atoms with E-state index in [-0.39, 0.29) is 21.0 Å². The number of amides is 1. The van der Waals surface area contributed by atoms with Gasteiger partial charge in [0, 0.05) is 0 Å². The molecule has 158 valence electrons. The highest BCUT2D eigenvalue weighted by Gasteiger charge is 2.30. The van der Waals surface area contributed by atoms with E-state index in [1.54, 1.807) is 0 Å². The minimum atomic E-state index is -1.98. The third-order valence-electron chi connectivity index (χ3n) is 3.74. The highest BCUT2D eigenvalue weighted by atomic mass is 32.1. The Bertz CT molecular complexity index is 1080. The highest BCUT2D eigenvalue weighted by Crippen LogP contribution is 2.33. The van der Waals surface area contributed by atoms with Gasteiger partial charge in [-0.25, -0.2) is 13.6 Å². The van der Waals surface area contributed by atoms with Crippen LogP contribution in [0.2, 0.25) is 0 Å². The van der Waals surface area contributed by atoms with Crippen molar-refractivity contribution in [2.24, 2.45) is 0 Å². The molecule has 2 N–H and O–H groups in total. The van der Waals surface area contributed by atoms with Crippen LogP contribution >= 0.6 is 23.6 Å². The van der Waals surface area contributed by atoms with Crippen molar-refractivity contribution in [2.45, 2.75) is 6.92 Å². The third-order valence-corrected chi connectivity index (χ3v) is 5.13. The molecule has 0 saturated carbocycles. The lowest BCUT2D eigenvalue weighted by molar-refractivity contribution is 0.0605. The molecule has 0 aliphatic rings. The summed E-state index contributed by atoms with van der Waals surface area (Å²) in [5, 5.41) is 13.0. The van der Waals surface area contributed by atoms with Crippen LogP contribution in [0.25, 0.3) is 0 Å². The molecule has 2 aromatic rings. The van der Waals surface area contributed by atoms with E-state index in [1.165, 1.54) is 6.92 Å². The summed E-state index contributed by atoms with van der Waals surface area (Å²) in [6, 6.07) is 1.83. The van der Waals surface area contributed by atoms with Crippen LogP contribution < -0.4 is 15.4 Å². The lowest BCUT2D eigenvalue weighted by Crippen LogP contribution is -2.35. The molecule has 0 spiro atoms. The van der Waals surface area contributed by atoms with Crippen molar-refractivity contribution in [3.63, 3.8) is 0 Å². The maximum atomic E-state index is 14.0. The van der Waals surface area contributed by atoms with Crippen molar-refractivity contribution in [1.29, 1.82) is 5.26 Å². The van der Waals surface area contributed by atoms with Crippen molar-refractivity contribution >= 4 is 45.5 Å². The zero-order chi connectivity index (χ0) is 22.7. The van der Waals surface area contributed by atoms with Gasteiger partial charge in [-0.05, 0) is 24.7 Å². The van der Waals surface area contributed by atoms with E-state index in [0.29, 0.717) is 0 Å². The second-order valence-electron chi connectivity index (χ2n) is 5.44. The lowest BCUT2D eigenvalue weighted by atomic mass is 10.1. The Morgan fingerprint density at radius 3 is 2.13 bits per heavy atom. The minimum Gasteiger partial charge on any atom is -0.491 e. The fourth-order valence-electron chi connectivity index (χ4n) is 2.31. The Morgan fingerprint density at radius 1 is 1.10 bits per heavy atom. The summed E-state index contributed by atoms with van der Waals surface area (Å²) >= 11 is 5.63. The Morgan fingerprint density at radius 2 is 1.67 bits per heavy atom. The van der Waals surface area contributed by atoms with Gasteiger partial charge in [0.2, 0.25) is 11.6 Å². The van der Waals surface area contributed by atoms with Crippen LogP contribution in [0.4, 0.5) is 22.6 Å². The fraction of sp³-hybridized carbons (Fsp3) is 0.176. The van der Waals surface area contributed by atoms with E-state index >= 15 is 0 Å². The van der Waals surface area contributed by atoms with E-state index in [0.717, 1.165) is 25.6 Å². The molecular formula is C17H11F4N3O4S2. The second-order valence-corrected chi connectivity index (χ2v) is 6.86.